The summed E-state index contributed by atoms with van der Waals surface area (Å²) < 4.78 is 0. The zero-order chi connectivity index (χ0) is 11.5. The molecule has 0 aliphatic heterocycles. The lowest BCUT2D eigenvalue weighted by Gasteiger charge is -2.30. The molecule has 2 rings (SSSR count). The first-order valence-corrected chi connectivity index (χ1v) is 6.40. The highest BCUT2D eigenvalue weighted by atomic mass is 35.5. The minimum Gasteiger partial charge on any atom is -0.302 e. The topological polar surface area (TPSA) is 16.1 Å². The van der Waals surface area contributed by atoms with Crippen molar-refractivity contribution in [3.8, 4) is 0 Å². The fraction of sp³-hybridized carbons (Fsp3) is 0.583. The molecule has 1 aromatic rings. The minimum absolute atomic E-state index is 0.454. The van der Waals surface area contributed by atoms with Crippen LogP contribution in [0.15, 0.2) is 12.1 Å². The summed E-state index contributed by atoms with van der Waals surface area (Å²) in [6.07, 6.45) is 4.13. The van der Waals surface area contributed by atoms with Crippen molar-refractivity contribution in [1.82, 2.24) is 9.88 Å². The zero-order valence-corrected chi connectivity index (χ0v) is 10.9. The zero-order valence-electron chi connectivity index (χ0n) is 9.42. The average molecular weight is 259 g/mol. The molecule has 1 saturated carbocycles. The highest BCUT2D eigenvalue weighted by molar-refractivity contribution is 6.32. The van der Waals surface area contributed by atoms with Crippen LogP contribution in [-0.2, 0) is 6.54 Å². The number of aromatic nitrogens is 1. The normalized spacial score (nSPS) is 16.5. The third kappa shape index (κ3) is 3.09. The second kappa shape index (κ2) is 5.35. The molecule has 1 heterocycles. The first-order chi connectivity index (χ1) is 7.65. The van der Waals surface area contributed by atoms with Crippen LogP contribution in [0.2, 0.25) is 10.3 Å². The van der Waals surface area contributed by atoms with Gasteiger partial charge in [0.05, 0.1) is 0 Å². The molecule has 1 aromatic heterocycles. The molecule has 4 heteroatoms. The first-order valence-electron chi connectivity index (χ1n) is 5.64. The Morgan fingerprint density at radius 1 is 1.38 bits per heavy atom. The van der Waals surface area contributed by atoms with Crippen LogP contribution in [0.1, 0.15) is 24.8 Å². The smallest absolute Gasteiger partial charge is 0.135 e. The molecule has 0 spiro atoms. The molecular formula is C12H16Cl2N2. The van der Waals surface area contributed by atoms with E-state index in [1.807, 2.05) is 6.07 Å². The third-order valence-electron chi connectivity index (χ3n) is 3.13. The largest absolute Gasteiger partial charge is 0.302 e. The molecule has 2 nitrogen and oxygen atoms in total. The summed E-state index contributed by atoms with van der Waals surface area (Å²) in [5, 5.41) is 0.975. The first kappa shape index (κ1) is 12.2. The van der Waals surface area contributed by atoms with Gasteiger partial charge in [0.15, 0.2) is 0 Å². The van der Waals surface area contributed by atoms with Crippen LogP contribution in [0.5, 0.6) is 0 Å². The second-order valence-electron chi connectivity index (χ2n) is 4.58. The monoisotopic (exact) mass is 258 g/mol. The van der Waals surface area contributed by atoms with Gasteiger partial charge >= 0.3 is 0 Å². The standard InChI is InChI=1S/C12H16Cl2N2/c1-16(7-9-3-2-4-9)8-10-5-6-11(13)15-12(10)14/h5-6,9H,2-4,7-8H2,1H3. The van der Waals surface area contributed by atoms with Gasteiger partial charge in [-0.1, -0.05) is 35.7 Å². The molecule has 0 radical (unpaired) electrons. The van der Waals surface area contributed by atoms with Crippen LogP contribution in [0.3, 0.4) is 0 Å². The van der Waals surface area contributed by atoms with Gasteiger partial charge in [-0.15, -0.1) is 0 Å². The third-order valence-corrected chi connectivity index (χ3v) is 3.66. The van der Waals surface area contributed by atoms with Crippen LogP contribution < -0.4 is 0 Å². The summed E-state index contributed by atoms with van der Waals surface area (Å²) in [7, 11) is 2.13. The van der Waals surface area contributed by atoms with Crippen molar-refractivity contribution in [2.45, 2.75) is 25.8 Å². The summed E-state index contributed by atoms with van der Waals surface area (Å²) in [5.41, 5.74) is 1.05. The SMILES string of the molecule is CN(Cc1ccc(Cl)nc1Cl)CC1CCC1. The van der Waals surface area contributed by atoms with Gasteiger partial charge in [-0.3, -0.25) is 0 Å². The van der Waals surface area contributed by atoms with Crippen molar-refractivity contribution in [3.05, 3.63) is 28.0 Å². The molecule has 0 aromatic carbocycles. The Bertz CT molecular complexity index is 364. The number of hydrogen-bond donors (Lipinski definition) is 0. The van der Waals surface area contributed by atoms with E-state index in [1.165, 1.54) is 19.3 Å². The number of halogens is 2. The van der Waals surface area contributed by atoms with Gasteiger partial charge in [0.2, 0.25) is 0 Å². The van der Waals surface area contributed by atoms with Crippen molar-refractivity contribution >= 4 is 23.2 Å². The van der Waals surface area contributed by atoms with Crippen molar-refractivity contribution in [2.24, 2.45) is 5.92 Å². The number of rotatable bonds is 4. The Kier molecular flexibility index (Phi) is 4.06. The van der Waals surface area contributed by atoms with Crippen molar-refractivity contribution in [1.29, 1.82) is 0 Å². The molecule has 0 unspecified atom stereocenters. The molecule has 88 valence electrons. The van der Waals surface area contributed by atoms with E-state index in [2.05, 4.69) is 16.9 Å². The average Bonchev–Trinajstić information content (AvgIpc) is 2.16. The van der Waals surface area contributed by atoms with Crippen LogP contribution in [0.4, 0.5) is 0 Å². The van der Waals surface area contributed by atoms with Crippen molar-refractivity contribution in [3.63, 3.8) is 0 Å². The van der Waals surface area contributed by atoms with E-state index in [1.54, 1.807) is 6.07 Å². The van der Waals surface area contributed by atoms with Gasteiger partial charge in [0.1, 0.15) is 10.3 Å². The fourth-order valence-electron chi connectivity index (χ4n) is 2.03. The number of pyridine rings is 1. The van der Waals surface area contributed by atoms with Crippen LogP contribution in [-0.4, -0.2) is 23.5 Å². The maximum atomic E-state index is 6.04. The molecule has 1 aliphatic rings. The second-order valence-corrected chi connectivity index (χ2v) is 5.32. The Labute approximate surface area is 107 Å². The highest BCUT2D eigenvalue weighted by Gasteiger charge is 2.19. The molecule has 0 amide bonds. The van der Waals surface area contributed by atoms with E-state index in [4.69, 9.17) is 23.2 Å². The lowest BCUT2D eigenvalue weighted by atomic mass is 9.85. The molecule has 0 N–H and O–H groups in total. The summed E-state index contributed by atoms with van der Waals surface area (Å²) in [6, 6.07) is 3.74. The minimum atomic E-state index is 0.454. The van der Waals surface area contributed by atoms with Gasteiger partial charge in [-0.05, 0) is 31.9 Å². The van der Waals surface area contributed by atoms with E-state index in [0.717, 1.165) is 24.6 Å². The highest BCUT2D eigenvalue weighted by Crippen LogP contribution is 2.27. The predicted octanol–water partition coefficient (Wildman–Crippen LogP) is 3.62. The van der Waals surface area contributed by atoms with Gasteiger partial charge in [0.25, 0.3) is 0 Å². The van der Waals surface area contributed by atoms with Gasteiger partial charge in [-0.25, -0.2) is 4.98 Å². The lowest BCUT2D eigenvalue weighted by Crippen LogP contribution is -2.29. The van der Waals surface area contributed by atoms with Gasteiger partial charge in [0, 0.05) is 18.7 Å². The Hall–Kier alpha value is -0.310. The number of nitrogens with zero attached hydrogens (tertiary/aromatic N) is 2. The van der Waals surface area contributed by atoms with Gasteiger partial charge in [-0.2, -0.15) is 0 Å². The van der Waals surface area contributed by atoms with Crippen LogP contribution in [0.25, 0.3) is 0 Å². The Balaban J connectivity index is 1.91. The van der Waals surface area contributed by atoms with E-state index in [0.29, 0.717) is 10.3 Å². The molecule has 16 heavy (non-hydrogen) atoms. The summed E-state index contributed by atoms with van der Waals surface area (Å²) >= 11 is 11.8. The molecular weight excluding hydrogens is 243 g/mol. The lowest BCUT2D eigenvalue weighted by molar-refractivity contribution is 0.200. The van der Waals surface area contributed by atoms with Crippen molar-refractivity contribution in [2.75, 3.05) is 13.6 Å². The fourth-order valence-corrected chi connectivity index (χ4v) is 2.43. The van der Waals surface area contributed by atoms with Gasteiger partial charge < -0.3 is 4.90 Å². The maximum Gasteiger partial charge on any atom is 0.135 e. The Morgan fingerprint density at radius 3 is 2.69 bits per heavy atom. The summed E-state index contributed by atoms with van der Waals surface area (Å²) in [6.45, 7) is 2.00. The molecule has 1 fully saturated rings. The van der Waals surface area contributed by atoms with Crippen LogP contribution in [0, 0.1) is 5.92 Å². The molecule has 1 aliphatic carbocycles. The quantitative estimate of drug-likeness (QED) is 0.768. The maximum absolute atomic E-state index is 6.04. The molecule has 0 atom stereocenters. The number of hydrogen-bond acceptors (Lipinski definition) is 2. The molecule has 0 saturated heterocycles. The summed E-state index contributed by atoms with van der Waals surface area (Å²) in [4.78, 5) is 6.35. The summed E-state index contributed by atoms with van der Waals surface area (Å²) in [5.74, 6) is 0.879. The van der Waals surface area contributed by atoms with E-state index in [-0.39, 0.29) is 0 Å². The predicted molar refractivity (Wildman–Crippen MR) is 67.9 cm³/mol. The van der Waals surface area contributed by atoms with E-state index < -0.39 is 0 Å². The van der Waals surface area contributed by atoms with Crippen LogP contribution >= 0.6 is 23.2 Å². The Morgan fingerprint density at radius 2 is 2.12 bits per heavy atom. The van der Waals surface area contributed by atoms with E-state index in [9.17, 15) is 0 Å². The molecule has 0 bridgehead atoms. The van der Waals surface area contributed by atoms with Crippen molar-refractivity contribution < 1.29 is 0 Å². The van der Waals surface area contributed by atoms with E-state index >= 15 is 0 Å².